The van der Waals surface area contributed by atoms with Gasteiger partial charge in [0.05, 0.1) is 5.41 Å². The van der Waals surface area contributed by atoms with E-state index in [1.54, 1.807) is 4.90 Å². The van der Waals surface area contributed by atoms with Gasteiger partial charge in [0.15, 0.2) is 5.82 Å². The summed E-state index contributed by atoms with van der Waals surface area (Å²) in [6.45, 7) is 6.05. The van der Waals surface area contributed by atoms with E-state index in [0.29, 0.717) is 32.0 Å². The number of carbonyl (C=O) groups excluding carboxylic acids is 3. The predicted octanol–water partition coefficient (Wildman–Crippen LogP) is 2.36. The van der Waals surface area contributed by atoms with Gasteiger partial charge in [0.1, 0.15) is 5.69 Å². The van der Waals surface area contributed by atoms with Crippen LogP contribution in [0.15, 0.2) is 28.9 Å². The zero-order valence-corrected chi connectivity index (χ0v) is 19.8. The van der Waals surface area contributed by atoms with E-state index < -0.39 is 5.41 Å². The first-order chi connectivity index (χ1) is 16.4. The summed E-state index contributed by atoms with van der Waals surface area (Å²) in [5.74, 6) is 0.265. The van der Waals surface area contributed by atoms with Gasteiger partial charge in [-0.2, -0.15) is 0 Å². The van der Waals surface area contributed by atoms with Crippen molar-refractivity contribution in [1.82, 2.24) is 20.1 Å². The predicted molar refractivity (Wildman–Crippen MR) is 124 cm³/mol. The molecule has 1 aromatic carbocycles. The maximum atomic E-state index is 13.9. The Bertz CT molecular complexity index is 1100. The summed E-state index contributed by atoms with van der Waals surface area (Å²) < 4.78 is 4.81. The fourth-order valence-corrected chi connectivity index (χ4v) is 5.90. The number of rotatable bonds is 5. The molecular weight excluding hydrogens is 434 g/mol. The minimum Gasteiger partial charge on any atom is -0.349 e. The van der Waals surface area contributed by atoms with Crippen LogP contribution in [0.3, 0.4) is 0 Å². The smallest absolute Gasteiger partial charge is 0.241 e. The summed E-state index contributed by atoms with van der Waals surface area (Å²) in [6, 6.07) is 7.63. The fourth-order valence-electron chi connectivity index (χ4n) is 5.90. The number of amides is 3. The van der Waals surface area contributed by atoms with Gasteiger partial charge in [0, 0.05) is 45.1 Å². The highest BCUT2D eigenvalue weighted by molar-refractivity contribution is 6.11. The first kappa shape index (κ1) is 22.6. The average molecular weight is 466 g/mol. The largest absolute Gasteiger partial charge is 0.349 e. The molecule has 2 aromatic rings. The van der Waals surface area contributed by atoms with Gasteiger partial charge >= 0.3 is 0 Å². The van der Waals surface area contributed by atoms with Crippen LogP contribution in [-0.4, -0.2) is 70.1 Å². The third kappa shape index (κ3) is 3.76. The Hall–Kier alpha value is -3.23. The van der Waals surface area contributed by atoms with Crippen LogP contribution >= 0.6 is 0 Å². The highest BCUT2D eigenvalue weighted by atomic mass is 16.6. The second-order valence-corrected chi connectivity index (χ2v) is 9.80. The molecule has 0 bridgehead atoms. The third-order valence-electron chi connectivity index (χ3n) is 7.71. The molecule has 9 heteroatoms. The number of nitrogens with zero attached hydrogens (tertiary/aromatic N) is 5. The Balaban J connectivity index is 1.38. The lowest BCUT2D eigenvalue weighted by molar-refractivity contribution is -0.144. The lowest BCUT2D eigenvalue weighted by atomic mass is 9.73. The summed E-state index contributed by atoms with van der Waals surface area (Å²) in [4.78, 5) is 46.0. The van der Waals surface area contributed by atoms with E-state index in [2.05, 4.69) is 15.2 Å². The van der Waals surface area contributed by atoms with Gasteiger partial charge in [-0.3, -0.25) is 19.3 Å². The highest BCUT2D eigenvalue weighted by Gasteiger charge is 2.56. The molecule has 3 heterocycles. The Kier molecular flexibility index (Phi) is 5.87. The van der Waals surface area contributed by atoms with Crippen molar-refractivity contribution in [2.45, 2.75) is 63.8 Å². The first-order valence-electron chi connectivity index (χ1n) is 12.2. The summed E-state index contributed by atoms with van der Waals surface area (Å²) >= 11 is 0. The molecule has 3 fully saturated rings. The molecular formula is C25H31N5O4. The molecule has 2 saturated heterocycles. The molecule has 1 saturated carbocycles. The van der Waals surface area contributed by atoms with E-state index in [9.17, 15) is 14.4 Å². The number of carbonyl (C=O) groups is 3. The number of aryl methyl sites for hydroxylation is 2. The van der Waals surface area contributed by atoms with Gasteiger partial charge < -0.3 is 9.80 Å². The quantitative estimate of drug-likeness (QED) is 0.625. The molecule has 1 unspecified atom stereocenters. The van der Waals surface area contributed by atoms with Crippen LogP contribution in [0.25, 0.3) is 0 Å². The van der Waals surface area contributed by atoms with E-state index in [4.69, 9.17) is 4.63 Å². The van der Waals surface area contributed by atoms with Gasteiger partial charge in [-0.1, -0.05) is 42.3 Å². The minimum absolute atomic E-state index is 0.0101. The van der Waals surface area contributed by atoms with Gasteiger partial charge in [-0.05, 0) is 43.0 Å². The van der Waals surface area contributed by atoms with Crippen LogP contribution in [0, 0.1) is 13.8 Å². The van der Waals surface area contributed by atoms with E-state index in [1.165, 1.54) is 4.90 Å². The summed E-state index contributed by atoms with van der Waals surface area (Å²) in [5.41, 5.74) is 1.32. The normalized spacial score (nSPS) is 23.9. The highest BCUT2D eigenvalue weighted by Crippen LogP contribution is 2.44. The van der Waals surface area contributed by atoms with Crippen molar-refractivity contribution in [2.24, 2.45) is 0 Å². The Morgan fingerprint density at radius 1 is 1.06 bits per heavy atom. The molecule has 1 atom stereocenters. The van der Waals surface area contributed by atoms with Crippen molar-refractivity contribution >= 4 is 23.5 Å². The fraction of sp³-hybridized carbons (Fsp3) is 0.560. The van der Waals surface area contributed by atoms with E-state index >= 15 is 0 Å². The molecule has 1 aliphatic carbocycles. The molecule has 1 aromatic heterocycles. The zero-order valence-electron chi connectivity index (χ0n) is 19.8. The SMILES string of the molecule is Cc1ccccc1C1(CC(=O)N2CCN(c3nonc3C)CC2)CC(=O)N(C2CCCC2)C1=O. The molecule has 34 heavy (non-hydrogen) atoms. The van der Waals surface area contributed by atoms with Crippen molar-refractivity contribution in [3.05, 3.63) is 41.1 Å². The molecule has 3 amide bonds. The Morgan fingerprint density at radius 3 is 2.41 bits per heavy atom. The topological polar surface area (TPSA) is 99.8 Å². The van der Waals surface area contributed by atoms with E-state index in [-0.39, 0.29) is 36.6 Å². The van der Waals surface area contributed by atoms with Gasteiger partial charge in [-0.15, -0.1) is 0 Å². The molecule has 9 nitrogen and oxygen atoms in total. The van der Waals surface area contributed by atoms with Crippen LogP contribution in [-0.2, 0) is 19.8 Å². The van der Waals surface area contributed by atoms with Crippen molar-refractivity contribution < 1.29 is 19.0 Å². The maximum Gasteiger partial charge on any atom is 0.241 e. The standard InChI is InChI=1S/C25H31N5O4/c1-17-7-3-6-10-20(17)25(16-22(32)30(24(25)33)19-8-4-5-9-19)15-21(31)28-11-13-29(14-12-28)23-18(2)26-34-27-23/h3,6-7,10,19H,4-5,8-9,11-16H2,1-2H3. The first-order valence-corrected chi connectivity index (χ1v) is 12.2. The van der Waals surface area contributed by atoms with E-state index in [0.717, 1.165) is 42.5 Å². The number of piperazine rings is 1. The number of anilines is 1. The van der Waals surface area contributed by atoms with Crippen LogP contribution in [0.1, 0.15) is 55.3 Å². The lowest BCUT2D eigenvalue weighted by Crippen LogP contribution is -2.51. The molecule has 0 spiro atoms. The van der Waals surface area contributed by atoms with Crippen LogP contribution < -0.4 is 4.90 Å². The number of hydrogen-bond acceptors (Lipinski definition) is 7. The number of imide groups is 1. The summed E-state index contributed by atoms with van der Waals surface area (Å²) in [6.07, 6.45) is 3.84. The Morgan fingerprint density at radius 2 is 1.76 bits per heavy atom. The number of benzene rings is 1. The van der Waals surface area contributed by atoms with Crippen LogP contribution in [0.2, 0.25) is 0 Å². The van der Waals surface area contributed by atoms with Gasteiger partial charge in [0.25, 0.3) is 0 Å². The van der Waals surface area contributed by atoms with Crippen LogP contribution in [0.5, 0.6) is 0 Å². The maximum absolute atomic E-state index is 13.9. The molecule has 5 rings (SSSR count). The molecule has 180 valence electrons. The molecule has 3 aliphatic rings. The number of likely N-dealkylation sites (tertiary alicyclic amines) is 1. The zero-order chi connectivity index (χ0) is 23.9. The molecule has 0 N–H and O–H groups in total. The second-order valence-electron chi connectivity index (χ2n) is 9.80. The number of aromatic nitrogens is 2. The van der Waals surface area contributed by atoms with Crippen molar-refractivity contribution in [1.29, 1.82) is 0 Å². The Labute approximate surface area is 199 Å². The van der Waals surface area contributed by atoms with Gasteiger partial charge in [-0.25, -0.2) is 4.63 Å². The van der Waals surface area contributed by atoms with Crippen molar-refractivity contribution in [3.63, 3.8) is 0 Å². The third-order valence-corrected chi connectivity index (χ3v) is 7.71. The molecule has 2 aliphatic heterocycles. The summed E-state index contributed by atoms with van der Waals surface area (Å²) in [5, 5.41) is 7.80. The van der Waals surface area contributed by atoms with Crippen molar-refractivity contribution in [2.75, 3.05) is 31.1 Å². The van der Waals surface area contributed by atoms with Crippen molar-refractivity contribution in [3.8, 4) is 0 Å². The van der Waals surface area contributed by atoms with Gasteiger partial charge in [0.2, 0.25) is 17.7 Å². The van der Waals surface area contributed by atoms with Crippen LogP contribution in [0.4, 0.5) is 5.82 Å². The summed E-state index contributed by atoms with van der Waals surface area (Å²) in [7, 11) is 0. The second kappa shape index (κ2) is 8.85. The number of hydrogen-bond donors (Lipinski definition) is 0. The van der Waals surface area contributed by atoms with E-state index in [1.807, 2.05) is 38.1 Å². The average Bonchev–Trinajstić information content (AvgIpc) is 3.55. The lowest BCUT2D eigenvalue weighted by Gasteiger charge is -2.37. The minimum atomic E-state index is -1.13. The molecule has 0 radical (unpaired) electrons. The monoisotopic (exact) mass is 465 g/mol.